The van der Waals surface area contributed by atoms with E-state index in [0.717, 1.165) is 19.3 Å². The van der Waals surface area contributed by atoms with Crippen LogP contribution in [0.1, 0.15) is 45.4 Å². The van der Waals surface area contributed by atoms with Gasteiger partial charge in [0.05, 0.1) is 31.0 Å². The Kier molecular flexibility index (Phi) is 3.17. The van der Waals surface area contributed by atoms with E-state index in [9.17, 15) is 10.2 Å². The molecule has 2 saturated heterocycles. The normalized spacial score (nSPS) is 41.2. The predicted molar refractivity (Wildman–Crippen MR) is 66.2 cm³/mol. The Morgan fingerprint density at radius 3 is 2.33 bits per heavy atom. The van der Waals surface area contributed by atoms with Crippen LogP contribution >= 0.6 is 0 Å². The molecule has 3 fully saturated rings. The van der Waals surface area contributed by atoms with Gasteiger partial charge in [0, 0.05) is 5.92 Å². The van der Waals surface area contributed by atoms with Crippen molar-refractivity contribution in [2.45, 2.75) is 68.9 Å². The molecular weight excluding hydrogens is 232 g/mol. The van der Waals surface area contributed by atoms with Gasteiger partial charge in [0.15, 0.2) is 0 Å². The van der Waals surface area contributed by atoms with E-state index in [1.54, 1.807) is 0 Å². The Hall–Kier alpha value is -0.160. The van der Waals surface area contributed by atoms with Crippen LogP contribution in [0.4, 0.5) is 0 Å². The highest BCUT2D eigenvalue weighted by molar-refractivity contribution is 5.09. The molecule has 2 aliphatic heterocycles. The third-order valence-electron chi connectivity index (χ3n) is 5.22. The quantitative estimate of drug-likeness (QED) is 0.780. The lowest BCUT2D eigenvalue weighted by atomic mass is 9.78. The zero-order valence-electron chi connectivity index (χ0n) is 11.1. The van der Waals surface area contributed by atoms with Crippen molar-refractivity contribution in [1.82, 2.24) is 0 Å². The molecule has 2 heterocycles. The fourth-order valence-corrected chi connectivity index (χ4v) is 4.20. The molecule has 1 aliphatic carbocycles. The third-order valence-corrected chi connectivity index (χ3v) is 5.22. The second-order valence-corrected chi connectivity index (χ2v) is 6.35. The highest BCUT2D eigenvalue weighted by atomic mass is 16.6. The maximum absolute atomic E-state index is 9.60. The van der Waals surface area contributed by atoms with Gasteiger partial charge in [-0.2, -0.15) is 0 Å². The standard InChI is InChI=1S/C14H24O4/c1-10-11-7-13(5-3-2-4-6-13)18-12(11)14(8-15,9-16)17-10/h10-12,15-16H,2-9H2,1H3/t10-,11?,12+/m0/s1. The molecule has 1 spiro atoms. The van der Waals surface area contributed by atoms with Crippen molar-refractivity contribution in [2.75, 3.05) is 13.2 Å². The van der Waals surface area contributed by atoms with Gasteiger partial charge in [-0.3, -0.25) is 0 Å². The number of fused-ring (bicyclic) bond motifs is 1. The SMILES string of the molecule is C[C@@H]1OC(CO)(CO)[C@@H]2OC3(CCCCC3)CC12. The van der Waals surface area contributed by atoms with Crippen LogP contribution in [-0.4, -0.2) is 46.8 Å². The van der Waals surface area contributed by atoms with Crippen LogP contribution in [0.3, 0.4) is 0 Å². The molecule has 2 N–H and O–H groups in total. The number of aliphatic hydroxyl groups is 2. The third kappa shape index (κ3) is 1.73. The maximum atomic E-state index is 9.60. The Bertz CT molecular complexity index is 307. The van der Waals surface area contributed by atoms with E-state index in [1.807, 2.05) is 6.92 Å². The topological polar surface area (TPSA) is 58.9 Å². The molecule has 0 bridgehead atoms. The summed E-state index contributed by atoms with van der Waals surface area (Å²) in [5.74, 6) is 0.322. The summed E-state index contributed by atoms with van der Waals surface area (Å²) < 4.78 is 12.2. The molecule has 0 aromatic carbocycles. The van der Waals surface area contributed by atoms with E-state index < -0.39 is 5.60 Å². The van der Waals surface area contributed by atoms with Crippen molar-refractivity contribution in [3.8, 4) is 0 Å². The van der Waals surface area contributed by atoms with Crippen LogP contribution in [0.5, 0.6) is 0 Å². The summed E-state index contributed by atoms with van der Waals surface area (Å²) in [6.07, 6.45) is 6.98. The van der Waals surface area contributed by atoms with Gasteiger partial charge in [0.1, 0.15) is 5.60 Å². The number of hydrogen-bond donors (Lipinski definition) is 2. The fourth-order valence-electron chi connectivity index (χ4n) is 4.20. The first-order valence-electron chi connectivity index (χ1n) is 7.22. The fraction of sp³-hybridized carbons (Fsp3) is 1.00. The lowest BCUT2D eigenvalue weighted by molar-refractivity contribution is -0.180. The Labute approximate surface area is 108 Å². The van der Waals surface area contributed by atoms with Gasteiger partial charge in [-0.05, 0) is 26.2 Å². The van der Waals surface area contributed by atoms with Gasteiger partial charge in [-0.1, -0.05) is 19.3 Å². The summed E-state index contributed by atoms with van der Waals surface area (Å²) in [5.41, 5.74) is -0.883. The van der Waals surface area contributed by atoms with Crippen LogP contribution in [0.15, 0.2) is 0 Å². The summed E-state index contributed by atoms with van der Waals surface area (Å²) in [6.45, 7) is 1.71. The average molecular weight is 256 g/mol. The Morgan fingerprint density at radius 1 is 1.06 bits per heavy atom. The lowest BCUT2D eigenvalue weighted by Gasteiger charge is -2.37. The monoisotopic (exact) mass is 256 g/mol. The molecule has 104 valence electrons. The Balaban J connectivity index is 1.83. The molecule has 0 aromatic heterocycles. The molecule has 0 amide bonds. The summed E-state index contributed by atoms with van der Waals surface area (Å²) >= 11 is 0. The van der Waals surface area contributed by atoms with Gasteiger partial charge in [-0.15, -0.1) is 0 Å². The van der Waals surface area contributed by atoms with Crippen molar-refractivity contribution in [3.63, 3.8) is 0 Å². The van der Waals surface area contributed by atoms with E-state index in [1.165, 1.54) is 19.3 Å². The van der Waals surface area contributed by atoms with Crippen molar-refractivity contribution < 1.29 is 19.7 Å². The number of rotatable bonds is 2. The zero-order valence-corrected chi connectivity index (χ0v) is 11.1. The molecule has 1 saturated carbocycles. The predicted octanol–water partition coefficient (Wildman–Crippen LogP) is 1.24. The minimum absolute atomic E-state index is 0.00120. The van der Waals surface area contributed by atoms with Crippen molar-refractivity contribution in [3.05, 3.63) is 0 Å². The van der Waals surface area contributed by atoms with E-state index in [-0.39, 0.29) is 31.0 Å². The van der Waals surface area contributed by atoms with Gasteiger partial charge in [0.25, 0.3) is 0 Å². The van der Waals surface area contributed by atoms with Gasteiger partial charge < -0.3 is 19.7 Å². The lowest BCUT2D eigenvalue weighted by Crippen LogP contribution is -2.49. The van der Waals surface area contributed by atoms with Crippen LogP contribution in [0.2, 0.25) is 0 Å². The molecule has 18 heavy (non-hydrogen) atoms. The van der Waals surface area contributed by atoms with Crippen LogP contribution in [-0.2, 0) is 9.47 Å². The van der Waals surface area contributed by atoms with Crippen molar-refractivity contribution in [1.29, 1.82) is 0 Å². The molecule has 3 rings (SSSR count). The van der Waals surface area contributed by atoms with E-state index in [2.05, 4.69) is 0 Å². The van der Waals surface area contributed by atoms with E-state index in [0.29, 0.717) is 5.92 Å². The number of hydrogen-bond acceptors (Lipinski definition) is 4. The van der Waals surface area contributed by atoms with Crippen LogP contribution < -0.4 is 0 Å². The number of ether oxygens (including phenoxy) is 2. The highest BCUT2D eigenvalue weighted by Gasteiger charge is 2.61. The minimum Gasteiger partial charge on any atom is -0.393 e. The molecule has 1 unspecified atom stereocenters. The van der Waals surface area contributed by atoms with Crippen molar-refractivity contribution >= 4 is 0 Å². The number of aliphatic hydroxyl groups excluding tert-OH is 2. The zero-order chi connectivity index (χ0) is 12.8. The second-order valence-electron chi connectivity index (χ2n) is 6.35. The van der Waals surface area contributed by atoms with E-state index >= 15 is 0 Å². The first kappa shape index (κ1) is 12.9. The average Bonchev–Trinajstić information content (AvgIpc) is 2.87. The first-order chi connectivity index (χ1) is 8.65. The van der Waals surface area contributed by atoms with Gasteiger partial charge >= 0.3 is 0 Å². The molecule has 3 aliphatic rings. The summed E-state index contributed by atoms with van der Waals surface area (Å²) in [6, 6.07) is 0. The molecule has 4 nitrogen and oxygen atoms in total. The molecule has 3 atom stereocenters. The van der Waals surface area contributed by atoms with E-state index in [4.69, 9.17) is 9.47 Å². The molecule has 4 heteroatoms. The van der Waals surface area contributed by atoms with Gasteiger partial charge in [-0.25, -0.2) is 0 Å². The molecular formula is C14H24O4. The largest absolute Gasteiger partial charge is 0.393 e. The second kappa shape index (κ2) is 4.44. The summed E-state index contributed by atoms with van der Waals surface area (Å²) in [5, 5.41) is 19.2. The molecule has 0 radical (unpaired) electrons. The van der Waals surface area contributed by atoms with Crippen LogP contribution in [0.25, 0.3) is 0 Å². The first-order valence-corrected chi connectivity index (χ1v) is 7.22. The maximum Gasteiger partial charge on any atom is 0.141 e. The van der Waals surface area contributed by atoms with Crippen LogP contribution in [0, 0.1) is 5.92 Å². The van der Waals surface area contributed by atoms with Gasteiger partial charge in [0.2, 0.25) is 0 Å². The minimum atomic E-state index is -0.884. The van der Waals surface area contributed by atoms with Crippen molar-refractivity contribution in [2.24, 2.45) is 5.92 Å². The summed E-state index contributed by atoms with van der Waals surface area (Å²) in [7, 11) is 0. The smallest absolute Gasteiger partial charge is 0.141 e. The Morgan fingerprint density at radius 2 is 1.72 bits per heavy atom. The summed E-state index contributed by atoms with van der Waals surface area (Å²) in [4.78, 5) is 0. The highest BCUT2D eigenvalue weighted by Crippen LogP contribution is 2.53. The molecule has 0 aromatic rings.